The highest BCUT2D eigenvalue weighted by Crippen LogP contribution is 2.44. The lowest BCUT2D eigenvalue weighted by molar-refractivity contribution is 0.282. The van der Waals surface area contributed by atoms with Crippen LogP contribution in [0.5, 0.6) is 0 Å². The molecule has 0 aromatic carbocycles. The van der Waals surface area contributed by atoms with Gasteiger partial charge < -0.3 is 9.15 Å². The number of hydrogen-bond donors (Lipinski definition) is 0. The molecule has 0 radical (unpaired) electrons. The first-order valence-electron chi connectivity index (χ1n) is 8.51. The third-order valence-electron chi connectivity index (χ3n) is 5.33. The summed E-state index contributed by atoms with van der Waals surface area (Å²) in [5.41, 5.74) is 4.06. The number of epoxide rings is 1. The van der Waals surface area contributed by atoms with Gasteiger partial charge in [-0.3, -0.25) is 0 Å². The molecule has 1 aliphatic heterocycles. The Balaban J connectivity index is 1.78. The van der Waals surface area contributed by atoms with Crippen molar-refractivity contribution in [1.29, 1.82) is 0 Å². The zero-order valence-electron chi connectivity index (χ0n) is 14.2. The summed E-state index contributed by atoms with van der Waals surface area (Å²) in [4.78, 5) is 0. The second kappa shape index (κ2) is 6.08. The summed E-state index contributed by atoms with van der Waals surface area (Å²) in [5.74, 6) is 1.64. The van der Waals surface area contributed by atoms with Crippen molar-refractivity contribution in [1.82, 2.24) is 0 Å². The van der Waals surface area contributed by atoms with Gasteiger partial charge in [-0.2, -0.15) is 0 Å². The van der Waals surface area contributed by atoms with Crippen LogP contribution in [0.3, 0.4) is 0 Å². The van der Waals surface area contributed by atoms with Crippen molar-refractivity contribution in [3.05, 3.63) is 47.5 Å². The standard InChI is InChI=1S/C20H28O2/c1-14(2)17-7-5-15(3)11-18-12-16(13-21-18)6-8-19-20(4,22-19)10-9-17/h5,12-13,17,19H,1,6-11H2,2-4H3. The van der Waals surface area contributed by atoms with Crippen LogP contribution in [0.15, 0.2) is 40.5 Å². The van der Waals surface area contributed by atoms with E-state index in [9.17, 15) is 0 Å². The molecule has 2 heterocycles. The minimum Gasteiger partial charge on any atom is -0.469 e. The fraction of sp³-hybridized carbons (Fsp3) is 0.600. The van der Waals surface area contributed by atoms with Gasteiger partial charge in [0.25, 0.3) is 0 Å². The maximum atomic E-state index is 6.00. The number of furan rings is 1. The highest BCUT2D eigenvalue weighted by molar-refractivity contribution is 5.19. The Labute approximate surface area is 134 Å². The molecule has 1 fully saturated rings. The molecule has 0 amide bonds. The minimum absolute atomic E-state index is 0.0864. The summed E-state index contributed by atoms with van der Waals surface area (Å²) in [6.45, 7) is 10.8. The Hall–Kier alpha value is -1.28. The number of hydrogen-bond acceptors (Lipinski definition) is 2. The van der Waals surface area contributed by atoms with E-state index in [0.717, 1.165) is 37.9 Å². The summed E-state index contributed by atoms with van der Waals surface area (Å²) in [6, 6.07) is 2.21. The second-order valence-electron chi connectivity index (χ2n) is 7.42. The first kappa shape index (κ1) is 15.6. The van der Waals surface area contributed by atoms with E-state index in [0.29, 0.717) is 12.0 Å². The molecule has 1 saturated heterocycles. The number of fused-ring (bicyclic) bond motifs is 3. The van der Waals surface area contributed by atoms with Gasteiger partial charge in [-0.15, -0.1) is 0 Å². The molecule has 0 saturated carbocycles. The van der Waals surface area contributed by atoms with Crippen molar-refractivity contribution in [3.8, 4) is 0 Å². The Morgan fingerprint density at radius 3 is 2.95 bits per heavy atom. The molecule has 2 nitrogen and oxygen atoms in total. The van der Waals surface area contributed by atoms with Crippen molar-refractivity contribution in [2.45, 2.75) is 71.0 Å². The molecule has 2 heteroatoms. The number of rotatable bonds is 1. The molecule has 3 unspecified atom stereocenters. The summed E-state index contributed by atoms with van der Waals surface area (Å²) in [6.07, 6.45) is 11.2. The van der Waals surface area contributed by atoms with E-state index in [4.69, 9.17) is 9.15 Å². The third kappa shape index (κ3) is 3.55. The van der Waals surface area contributed by atoms with Crippen molar-refractivity contribution >= 4 is 0 Å². The van der Waals surface area contributed by atoms with Gasteiger partial charge in [-0.05, 0) is 70.4 Å². The van der Waals surface area contributed by atoms with Crippen LogP contribution in [0.4, 0.5) is 0 Å². The maximum absolute atomic E-state index is 6.00. The first-order valence-corrected chi connectivity index (χ1v) is 8.51. The van der Waals surface area contributed by atoms with Crippen LogP contribution >= 0.6 is 0 Å². The van der Waals surface area contributed by atoms with Gasteiger partial charge in [-0.1, -0.05) is 23.8 Å². The van der Waals surface area contributed by atoms with Gasteiger partial charge >= 0.3 is 0 Å². The molecule has 3 rings (SSSR count). The highest BCUT2D eigenvalue weighted by atomic mass is 16.6. The Morgan fingerprint density at radius 2 is 2.18 bits per heavy atom. The van der Waals surface area contributed by atoms with E-state index in [1.165, 1.54) is 23.1 Å². The summed E-state index contributed by atoms with van der Waals surface area (Å²) >= 11 is 0. The van der Waals surface area contributed by atoms with Crippen molar-refractivity contribution in [3.63, 3.8) is 0 Å². The van der Waals surface area contributed by atoms with Gasteiger partial charge in [0.2, 0.25) is 0 Å². The molecule has 22 heavy (non-hydrogen) atoms. The number of allylic oxidation sites excluding steroid dienone is 3. The molecule has 1 aromatic rings. The van der Waals surface area contributed by atoms with E-state index in [-0.39, 0.29) is 5.60 Å². The van der Waals surface area contributed by atoms with Crippen molar-refractivity contribution in [2.24, 2.45) is 5.92 Å². The summed E-state index contributed by atoms with van der Waals surface area (Å²) in [7, 11) is 0. The molecular weight excluding hydrogens is 272 g/mol. The lowest BCUT2D eigenvalue weighted by atomic mass is 9.87. The fourth-order valence-electron chi connectivity index (χ4n) is 3.54. The second-order valence-corrected chi connectivity index (χ2v) is 7.42. The van der Waals surface area contributed by atoms with Crippen LogP contribution < -0.4 is 0 Å². The monoisotopic (exact) mass is 300 g/mol. The Kier molecular flexibility index (Phi) is 4.31. The number of aryl methyl sites for hydroxylation is 1. The van der Waals surface area contributed by atoms with Crippen LogP contribution in [0.25, 0.3) is 0 Å². The average Bonchev–Trinajstić information content (AvgIpc) is 2.89. The van der Waals surface area contributed by atoms with Gasteiger partial charge in [0.15, 0.2) is 0 Å². The first-order chi connectivity index (χ1) is 10.5. The van der Waals surface area contributed by atoms with Crippen LogP contribution in [0.2, 0.25) is 0 Å². The zero-order chi connectivity index (χ0) is 15.7. The molecule has 0 spiro atoms. The Bertz CT molecular complexity index is 580. The topological polar surface area (TPSA) is 25.7 Å². The predicted molar refractivity (Wildman–Crippen MR) is 89.9 cm³/mol. The fourth-order valence-corrected chi connectivity index (χ4v) is 3.54. The maximum Gasteiger partial charge on any atom is 0.108 e. The van der Waals surface area contributed by atoms with Crippen LogP contribution in [-0.2, 0) is 17.6 Å². The quantitative estimate of drug-likeness (QED) is 0.524. The van der Waals surface area contributed by atoms with E-state index in [2.05, 4.69) is 39.5 Å². The van der Waals surface area contributed by atoms with E-state index in [1.54, 1.807) is 0 Å². The predicted octanol–water partition coefficient (Wildman–Crippen LogP) is 5.23. The molecule has 1 aliphatic carbocycles. The van der Waals surface area contributed by atoms with Crippen LogP contribution in [0, 0.1) is 5.92 Å². The minimum atomic E-state index is 0.0864. The summed E-state index contributed by atoms with van der Waals surface area (Å²) in [5, 5.41) is 0. The van der Waals surface area contributed by atoms with Gasteiger partial charge in [0.05, 0.1) is 18.0 Å². The van der Waals surface area contributed by atoms with Crippen LogP contribution in [0.1, 0.15) is 57.8 Å². The normalized spacial score (nSPS) is 32.6. The average molecular weight is 300 g/mol. The highest BCUT2D eigenvalue weighted by Gasteiger charge is 2.51. The molecule has 2 aliphatic rings. The SMILES string of the molecule is C=C(C)C1CC=C(C)Cc2cc(co2)CCC2OC2(C)CC1. The third-order valence-corrected chi connectivity index (χ3v) is 5.33. The molecule has 120 valence electrons. The smallest absolute Gasteiger partial charge is 0.108 e. The van der Waals surface area contributed by atoms with Crippen molar-refractivity contribution in [2.75, 3.05) is 0 Å². The van der Waals surface area contributed by atoms with E-state index >= 15 is 0 Å². The Morgan fingerprint density at radius 1 is 1.36 bits per heavy atom. The van der Waals surface area contributed by atoms with E-state index < -0.39 is 0 Å². The van der Waals surface area contributed by atoms with E-state index in [1.807, 2.05) is 6.26 Å². The van der Waals surface area contributed by atoms with Gasteiger partial charge in [0.1, 0.15) is 5.76 Å². The molecule has 2 bridgehead atoms. The molecular formula is C20H28O2. The summed E-state index contributed by atoms with van der Waals surface area (Å²) < 4.78 is 11.7. The largest absolute Gasteiger partial charge is 0.469 e. The van der Waals surface area contributed by atoms with Crippen LogP contribution in [-0.4, -0.2) is 11.7 Å². The molecule has 0 N–H and O–H groups in total. The zero-order valence-corrected chi connectivity index (χ0v) is 14.2. The molecule has 1 aromatic heterocycles. The molecule has 3 atom stereocenters. The number of ether oxygens (including phenoxy) is 1. The lowest BCUT2D eigenvalue weighted by Gasteiger charge is -2.17. The van der Waals surface area contributed by atoms with Gasteiger partial charge in [0, 0.05) is 6.42 Å². The van der Waals surface area contributed by atoms with Gasteiger partial charge in [-0.25, -0.2) is 0 Å². The van der Waals surface area contributed by atoms with Crippen molar-refractivity contribution < 1.29 is 9.15 Å². The lowest BCUT2D eigenvalue weighted by Crippen LogP contribution is -2.13.